The zero-order valence-electron chi connectivity index (χ0n) is 12.3. The zero-order chi connectivity index (χ0) is 16.2. The number of amides is 1. The molecule has 8 heteroatoms. The molecule has 3 rings (SSSR count). The van der Waals surface area contributed by atoms with E-state index >= 15 is 0 Å². The second-order valence-electron chi connectivity index (χ2n) is 4.94. The third kappa shape index (κ3) is 2.97. The average molecular weight is 312 g/mol. The summed E-state index contributed by atoms with van der Waals surface area (Å²) in [6, 6.07) is 8.45. The van der Waals surface area contributed by atoms with E-state index in [9.17, 15) is 4.79 Å². The van der Waals surface area contributed by atoms with Crippen molar-refractivity contribution in [3.8, 4) is 0 Å². The van der Waals surface area contributed by atoms with Gasteiger partial charge in [-0.3, -0.25) is 4.79 Å². The minimum atomic E-state index is -0.713. The molecule has 1 aromatic carbocycles. The van der Waals surface area contributed by atoms with Crippen LogP contribution >= 0.6 is 0 Å². The fraction of sp³-hybridized carbons (Fsp3) is 0.200. The first-order valence-corrected chi connectivity index (χ1v) is 7.09. The summed E-state index contributed by atoms with van der Waals surface area (Å²) in [6.45, 7) is 0.287. The molecule has 0 radical (unpaired) electrons. The lowest BCUT2D eigenvalue weighted by Gasteiger charge is -2.16. The van der Waals surface area contributed by atoms with Crippen molar-refractivity contribution < 1.29 is 9.90 Å². The quantitative estimate of drug-likeness (QED) is 0.608. The number of aromatic nitrogens is 4. The standard InChI is InChI=1S/C15H16N6O2/c16-13(23)12(10-4-2-1-3-5-10)20-14-11-8-19-21(6-7-22)15(11)18-9-17-14/h1-5,8-9,12,22H,6-7H2,(H2,16,23)(H,17,18,20)/t12-/m1/s1. The molecule has 3 aromatic rings. The fourth-order valence-electron chi connectivity index (χ4n) is 2.37. The van der Waals surface area contributed by atoms with Crippen LogP contribution in [-0.2, 0) is 11.3 Å². The predicted molar refractivity (Wildman–Crippen MR) is 84.4 cm³/mol. The Hall–Kier alpha value is -3.00. The highest BCUT2D eigenvalue weighted by Crippen LogP contribution is 2.23. The van der Waals surface area contributed by atoms with E-state index in [1.165, 1.54) is 6.33 Å². The van der Waals surface area contributed by atoms with E-state index in [1.807, 2.05) is 30.3 Å². The largest absolute Gasteiger partial charge is 0.394 e. The summed E-state index contributed by atoms with van der Waals surface area (Å²) >= 11 is 0. The highest BCUT2D eigenvalue weighted by atomic mass is 16.3. The van der Waals surface area contributed by atoms with Crippen LogP contribution in [0.25, 0.3) is 11.0 Å². The number of rotatable bonds is 6. The van der Waals surface area contributed by atoms with Gasteiger partial charge in [-0.15, -0.1) is 0 Å². The Bertz CT molecular complexity index is 817. The molecule has 1 amide bonds. The summed E-state index contributed by atoms with van der Waals surface area (Å²) in [5.74, 6) is -0.0439. The number of hydrogen-bond donors (Lipinski definition) is 3. The molecule has 0 spiro atoms. The van der Waals surface area contributed by atoms with Crippen molar-refractivity contribution in [1.29, 1.82) is 0 Å². The number of hydrogen-bond acceptors (Lipinski definition) is 6. The van der Waals surface area contributed by atoms with E-state index < -0.39 is 11.9 Å². The summed E-state index contributed by atoms with van der Waals surface area (Å²) in [7, 11) is 0. The molecule has 8 nitrogen and oxygen atoms in total. The topological polar surface area (TPSA) is 119 Å². The van der Waals surface area contributed by atoms with E-state index in [4.69, 9.17) is 10.8 Å². The molecule has 118 valence electrons. The summed E-state index contributed by atoms with van der Waals surface area (Å²) in [6.07, 6.45) is 2.97. The van der Waals surface area contributed by atoms with Crippen LogP contribution in [0.1, 0.15) is 11.6 Å². The minimum absolute atomic E-state index is 0.0442. The Kier molecular flexibility index (Phi) is 4.15. The normalized spacial score (nSPS) is 12.2. The van der Waals surface area contributed by atoms with Crippen molar-refractivity contribution in [2.75, 3.05) is 11.9 Å². The molecular weight excluding hydrogens is 296 g/mol. The maximum Gasteiger partial charge on any atom is 0.244 e. The van der Waals surface area contributed by atoms with Crippen LogP contribution in [-0.4, -0.2) is 37.4 Å². The number of anilines is 1. The fourth-order valence-corrected chi connectivity index (χ4v) is 2.37. The van der Waals surface area contributed by atoms with E-state index in [1.54, 1.807) is 10.9 Å². The Balaban J connectivity index is 1.98. The highest BCUT2D eigenvalue weighted by Gasteiger charge is 2.20. The monoisotopic (exact) mass is 312 g/mol. The first kappa shape index (κ1) is 14.9. The third-order valence-electron chi connectivity index (χ3n) is 3.44. The number of benzene rings is 1. The van der Waals surface area contributed by atoms with Gasteiger partial charge >= 0.3 is 0 Å². The molecule has 0 aliphatic rings. The van der Waals surface area contributed by atoms with Gasteiger partial charge in [0.1, 0.15) is 18.2 Å². The van der Waals surface area contributed by atoms with Crippen molar-refractivity contribution in [2.24, 2.45) is 5.73 Å². The van der Waals surface area contributed by atoms with Crippen LogP contribution < -0.4 is 11.1 Å². The summed E-state index contributed by atoms with van der Waals surface area (Å²) < 4.78 is 1.57. The second kappa shape index (κ2) is 6.41. The molecule has 0 unspecified atom stereocenters. The summed E-state index contributed by atoms with van der Waals surface area (Å²) in [5, 5.41) is 16.9. The van der Waals surface area contributed by atoms with Gasteiger partial charge in [-0.05, 0) is 5.56 Å². The third-order valence-corrected chi connectivity index (χ3v) is 3.44. The van der Waals surface area contributed by atoms with E-state index in [0.29, 0.717) is 23.4 Å². The van der Waals surface area contributed by atoms with Gasteiger partial charge in [-0.1, -0.05) is 30.3 Å². The van der Waals surface area contributed by atoms with E-state index in [-0.39, 0.29) is 6.61 Å². The van der Waals surface area contributed by atoms with Crippen LogP contribution in [0.3, 0.4) is 0 Å². The number of carbonyl (C=O) groups excluding carboxylic acids is 1. The SMILES string of the molecule is NC(=O)[C@H](Nc1ncnc2c1cnn2CCO)c1ccccc1. The van der Waals surface area contributed by atoms with Crippen molar-refractivity contribution in [3.63, 3.8) is 0 Å². The number of nitrogens with two attached hydrogens (primary N) is 1. The van der Waals surface area contributed by atoms with Gasteiger partial charge in [0.2, 0.25) is 5.91 Å². The van der Waals surface area contributed by atoms with Crippen LogP contribution in [0.2, 0.25) is 0 Å². The van der Waals surface area contributed by atoms with Crippen LogP contribution in [0.4, 0.5) is 5.82 Å². The van der Waals surface area contributed by atoms with E-state index in [0.717, 1.165) is 5.56 Å². The Morgan fingerprint density at radius 1 is 1.30 bits per heavy atom. The molecule has 0 aliphatic heterocycles. The van der Waals surface area contributed by atoms with Gasteiger partial charge in [0, 0.05) is 0 Å². The molecular formula is C15H16N6O2. The maximum atomic E-state index is 11.8. The van der Waals surface area contributed by atoms with Crippen LogP contribution in [0, 0.1) is 0 Å². The highest BCUT2D eigenvalue weighted by molar-refractivity contribution is 5.90. The zero-order valence-corrected chi connectivity index (χ0v) is 12.3. The lowest BCUT2D eigenvalue weighted by molar-refractivity contribution is -0.118. The van der Waals surface area contributed by atoms with Gasteiger partial charge in [-0.2, -0.15) is 5.10 Å². The molecule has 2 aromatic heterocycles. The number of aliphatic hydroxyl groups is 1. The second-order valence-corrected chi connectivity index (χ2v) is 4.94. The van der Waals surface area contributed by atoms with E-state index in [2.05, 4.69) is 20.4 Å². The molecule has 23 heavy (non-hydrogen) atoms. The molecule has 0 bridgehead atoms. The van der Waals surface area contributed by atoms with Gasteiger partial charge in [0.15, 0.2) is 5.65 Å². The molecule has 0 aliphatic carbocycles. The Morgan fingerprint density at radius 2 is 2.09 bits per heavy atom. The van der Waals surface area contributed by atoms with Gasteiger partial charge < -0.3 is 16.2 Å². The number of carbonyl (C=O) groups is 1. The molecule has 4 N–H and O–H groups in total. The molecule has 0 saturated carbocycles. The van der Waals surface area contributed by atoms with Crippen molar-refractivity contribution in [1.82, 2.24) is 19.7 Å². The number of nitrogens with one attached hydrogen (secondary N) is 1. The Morgan fingerprint density at radius 3 is 2.78 bits per heavy atom. The lowest BCUT2D eigenvalue weighted by Crippen LogP contribution is -2.28. The number of nitrogens with zero attached hydrogens (tertiary/aromatic N) is 4. The molecule has 0 saturated heterocycles. The minimum Gasteiger partial charge on any atom is -0.394 e. The lowest BCUT2D eigenvalue weighted by atomic mass is 10.1. The number of primary amides is 1. The molecule has 2 heterocycles. The summed E-state index contributed by atoms with van der Waals surface area (Å²) in [4.78, 5) is 20.2. The maximum absolute atomic E-state index is 11.8. The van der Waals surface area contributed by atoms with Gasteiger partial charge in [-0.25, -0.2) is 14.6 Å². The van der Waals surface area contributed by atoms with Crippen molar-refractivity contribution >= 4 is 22.8 Å². The van der Waals surface area contributed by atoms with Crippen molar-refractivity contribution in [2.45, 2.75) is 12.6 Å². The number of aliphatic hydroxyl groups excluding tert-OH is 1. The van der Waals surface area contributed by atoms with Gasteiger partial charge in [0.25, 0.3) is 0 Å². The van der Waals surface area contributed by atoms with Crippen LogP contribution in [0.15, 0.2) is 42.9 Å². The molecule has 1 atom stereocenters. The number of fused-ring (bicyclic) bond motifs is 1. The predicted octanol–water partition coefficient (Wildman–Crippen LogP) is 0.457. The Labute approximate surface area is 132 Å². The molecule has 0 fully saturated rings. The van der Waals surface area contributed by atoms with Gasteiger partial charge in [0.05, 0.1) is 24.7 Å². The summed E-state index contributed by atoms with van der Waals surface area (Å²) in [5.41, 5.74) is 6.84. The van der Waals surface area contributed by atoms with Crippen LogP contribution in [0.5, 0.6) is 0 Å². The first-order valence-electron chi connectivity index (χ1n) is 7.09. The average Bonchev–Trinajstić information content (AvgIpc) is 2.97. The first-order chi connectivity index (χ1) is 11.2. The smallest absolute Gasteiger partial charge is 0.244 e. The van der Waals surface area contributed by atoms with Crippen molar-refractivity contribution in [3.05, 3.63) is 48.4 Å².